The number of hydrogen-bond acceptors (Lipinski definition) is 2. The summed E-state index contributed by atoms with van der Waals surface area (Å²) in [6, 6.07) is 40.4. The van der Waals surface area contributed by atoms with Crippen LogP contribution in [0.2, 0.25) is 26.2 Å². The summed E-state index contributed by atoms with van der Waals surface area (Å²) in [5, 5.41) is 0. The van der Waals surface area contributed by atoms with Gasteiger partial charge in [0.05, 0.1) is 16.1 Å². The summed E-state index contributed by atoms with van der Waals surface area (Å²) in [6.07, 6.45) is 16.0. The van der Waals surface area contributed by atoms with Crippen molar-refractivity contribution >= 4 is 40.5 Å². The Bertz CT molecular complexity index is 1540. The van der Waals surface area contributed by atoms with Gasteiger partial charge in [0.1, 0.15) is 0 Å². The topological polar surface area (TPSA) is 25.8 Å². The average Bonchev–Trinajstić information content (AvgIpc) is 3.02. The lowest BCUT2D eigenvalue weighted by Crippen LogP contribution is -2.36. The molecule has 3 aromatic carbocycles. The van der Waals surface area contributed by atoms with Crippen LogP contribution >= 0.6 is 0 Å². The maximum Gasteiger partial charge on any atom is 0.0561 e. The number of pyridine rings is 2. The molecule has 0 spiro atoms. The third-order valence-corrected chi connectivity index (χ3v) is 13.5. The van der Waals surface area contributed by atoms with Crippen molar-refractivity contribution in [1.82, 2.24) is 9.97 Å². The van der Waals surface area contributed by atoms with Crippen molar-refractivity contribution in [2.75, 3.05) is 0 Å². The zero-order valence-corrected chi connectivity index (χ0v) is 28.6. The van der Waals surface area contributed by atoms with Crippen molar-refractivity contribution < 1.29 is 0 Å². The standard InChI is InChI=1S/C40H44N2Si2/c1-43(2,29-37-21-15-33(16-22-37)13-19-35-9-7-25-41-27-35)31-39-11-5-6-12-40(39)32-44(3,4)30-38-23-17-34(18-24-38)14-20-36-10-8-26-42-28-36/h5-28H,29-32H2,1-4H3/b19-13-,20-14+. The monoisotopic (exact) mass is 608 g/mol. The second-order valence-corrected chi connectivity index (χ2v) is 23.6. The molecule has 0 saturated carbocycles. The number of hydrogen-bond donors (Lipinski definition) is 0. The minimum atomic E-state index is -1.51. The molecule has 0 amide bonds. The van der Waals surface area contributed by atoms with Crippen LogP contribution in [0.5, 0.6) is 0 Å². The highest BCUT2D eigenvalue weighted by Gasteiger charge is 2.26. The Morgan fingerprint density at radius 1 is 0.432 bits per heavy atom. The summed E-state index contributed by atoms with van der Waals surface area (Å²) in [5.41, 5.74) is 10.7. The molecule has 222 valence electrons. The lowest BCUT2D eigenvalue weighted by Gasteiger charge is -2.27. The van der Waals surface area contributed by atoms with Gasteiger partial charge in [0, 0.05) is 24.8 Å². The molecule has 0 aliphatic heterocycles. The van der Waals surface area contributed by atoms with Crippen molar-refractivity contribution in [3.8, 4) is 0 Å². The Morgan fingerprint density at radius 2 is 0.818 bits per heavy atom. The van der Waals surface area contributed by atoms with Gasteiger partial charge in [-0.2, -0.15) is 0 Å². The maximum atomic E-state index is 4.20. The highest BCUT2D eigenvalue weighted by molar-refractivity contribution is 6.77. The maximum absolute atomic E-state index is 4.20. The highest BCUT2D eigenvalue weighted by atomic mass is 28.3. The van der Waals surface area contributed by atoms with Gasteiger partial charge < -0.3 is 0 Å². The van der Waals surface area contributed by atoms with Gasteiger partial charge in [0.25, 0.3) is 0 Å². The zero-order valence-electron chi connectivity index (χ0n) is 26.6. The van der Waals surface area contributed by atoms with Gasteiger partial charge in [-0.25, -0.2) is 0 Å². The van der Waals surface area contributed by atoms with Crippen LogP contribution < -0.4 is 0 Å². The van der Waals surface area contributed by atoms with E-state index in [0.29, 0.717) is 0 Å². The number of nitrogens with zero attached hydrogens (tertiary/aromatic N) is 2. The SMILES string of the molecule is C[Si](C)(Cc1ccc(/C=C\c2cccnc2)cc1)Cc1ccccc1C[Si](C)(C)Cc1ccc(/C=C/c2cccnc2)cc1. The van der Waals surface area contributed by atoms with Crippen LogP contribution in [-0.4, -0.2) is 26.1 Å². The molecule has 44 heavy (non-hydrogen) atoms. The minimum absolute atomic E-state index is 1.12. The van der Waals surface area contributed by atoms with E-state index < -0.39 is 16.1 Å². The first-order valence-corrected chi connectivity index (χ1v) is 22.5. The fraction of sp³-hybridized carbons (Fsp3) is 0.200. The third-order valence-electron chi connectivity index (χ3n) is 8.09. The Hall–Kier alpha value is -4.13. The van der Waals surface area contributed by atoms with Crippen LogP contribution in [0.3, 0.4) is 0 Å². The fourth-order valence-electron chi connectivity index (χ4n) is 5.99. The smallest absolute Gasteiger partial charge is 0.0561 e. The van der Waals surface area contributed by atoms with Gasteiger partial charge in [-0.3, -0.25) is 9.97 Å². The molecule has 0 atom stereocenters. The van der Waals surface area contributed by atoms with E-state index in [2.05, 4.69) is 145 Å². The predicted octanol–water partition coefficient (Wildman–Crippen LogP) is 9.96. The Morgan fingerprint density at radius 3 is 1.18 bits per heavy atom. The van der Waals surface area contributed by atoms with Crippen LogP contribution in [0.1, 0.15) is 44.5 Å². The van der Waals surface area contributed by atoms with Gasteiger partial charge in [0.2, 0.25) is 0 Å². The van der Waals surface area contributed by atoms with Gasteiger partial charge in [-0.1, -0.05) is 147 Å². The van der Waals surface area contributed by atoms with Crippen LogP contribution in [0, 0.1) is 0 Å². The van der Waals surface area contributed by atoms with Gasteiger partial charge >= 0.3 is 0 Å². The second-order valence-electron chi connectivity index (χ2n) is 13.5. The van der Waals surface area contributed by atoms with Crippen LogP contribution in [0.15, 0.2) is 122 Å². The van der Waals surface area contributed by atoms with Gasteiger partial charge in [-0.05, 0) is 69.7 Å². The summed E-state index contributed by atoms with van der Waals surface area (Å²) in [7, 11) is -3.03. The molecular weight excluding hydrogens is 565 g/mol. The first-order valence-electron chi connectivity index (χ1n) is 15.6. The average molecular weight is 609 g/mol. The Balaban J connectivity index is 1.19. The minimum Gasteiger partial charge on any atom is -0.264 e. The molecular formula is C40H44N2Si2. The van der Waals surface area contributed by atoms with Gasteiger partial charge in [-0.15, -0.1) is 0 Å². The van der Waals surface area contributed by atoms with Crippen molar-refractivity contribution in [2.24, 2.45) is 0 Å². The second kappa shape index (κ2) is 14.6. The van der Waals surface area contributed by atoms with E-state index in [1.807, 2.05) is 36.9 Å². The molecule has 5 aromatic rings. The fourth-order valence-corrected chi connectivity index (χ4v) is 11.7. The molecule has 0 aliphatic carbocycles. The van der Waals surface area contributed by atoms with Crippen LogP contribution in [0.25, 0.3) is 24.3 Å². The molecule has 2 heterocycles. The van der Waals surface area contributed by atoms with Crippen molar-refractivity contribution in [2.45, 2.75) is 50.4 Å². The lowest BCUT2D eigenvalue weighted by molar-refractivity contribution is 1.14. The molecule has 0 aliphatic rings. The molecule has 2 aromatic heterocycles. The molecule has 0 bridgehead atoms. The summed E-state index contributed by atoms with van der Waals surface area (Å²) in [4.78, 5) is 8.40. The molecule has 2 nitrogen and oxygen atoms in total. The van der Waals surface area contributed by atoms with E-state index >= 15 is 0 Å². The number of rotatable bonds is 12. The zero-order chi connectivity index (χ0) is 30.8. The highest BCUT2D eigenvalue weighted by Crippen LogP contribution is 2.25. The van der Waals surface area contributed by atoms with E-state index in [9.17, 15) is 0 Å². The Kier molecular flexibility index (Phi) is 10.4. The van der Waals surface area contributed by atoms with Crippen molar-refractivity contribution in [1.29, 1.82) is 0 Å². The summed E-state index contributed by atoms with van der Waals surface area (Å²) < 4.78 is 0. The Labute approximate surface area is 266 Å². The first kappa shape index (κ1) is 31.3. The van der Waals surface area contributed by atoms with Crippen LogP contribution in [0.4, 0.5) is 0 Å². The summed E-state index contributed by atoms with van der Waals surface area (Å²) in [6.45, 7) is 10.2. The molecule has 4 heteroatoms. The van der Waals surface area contributed by atoms with Crippen molar-refractivity contribution in [3.63, 3.8) is 0 Å². The van der Waals surface area contributed by atoms with E-state index in [1.165, 1.54) is 46.4 Å². The molecule has 0 fully saturated rings. The molecule has 0 unspecified atom stereocenters. The summed E-state index contributed by atoms with van der Waals surface area (Å²) >= 11 is 0. The normalized spacial score (nSPS) is 12.3. The molecule has 5 rings (SSSR count). The number of aromatic nitrogens is 2. The quantitative estimate of drug-likeness (QED) is 0.132. The predicted molar refractivity (Wildman–Crippen MR) is 195 cm³/mol. The first-order chi connectivity index (χ1) is 21.2. The number of benzene rings is 3. The third kappa shape index (κ3) is 9.70. The summed E-state index contributed by atoms with van der Waals surface area (Å²) in [5.74, 6) is 0. The van der Waals surface area contributed by atoms with Crippen LogP contribution in [-0.2, 0) is 24.2 Å². The van der Waals surface area contributed by atoms with E-state index in [1.54, 1.807) is 11.1 Å². The molecule has 0 saturated heterocycles. The van der Waals surface area contributed by atoms with E-state index in [-0.39, 0.29) is 0 Å². The largest absolute Gasteiger partial charge is 0.264 e. The lowest BCUT2D eigenvalue weighted by atomic mass is 10.1. The van der Waals surface area contributed by atoms with E-state index in [4.69, 9.17) is 0 Å². The van der Waals surface area contributed by atoms with Crippen molar-refractivity contribution in [3.05, 3.63) is 166 Å². The molecule has 0 N–H and O–H groups in total. The van der Waals surface area contributed by atoms with Gasteiger partial charge in [0.15, 0.2) is 0 Å². The molecule has 0 radical (unpaired) electrons. The van der Waals surface area contributed by atoms with E-state index in [0.717, 1.165) is 11.1 Å².